The van der Waals surface area contributed by atoms with Gasteiger partial charge in [-0.15, -0.1) is 12.4 Å². The average Bonchev–Trinajstić information content (AvgIpc) is 2.78. The molecule has 1 unspecified atom stereocenters. The second-order valence-electron chi connectivity index (χ2n) is 7.05. The number of ether oxygens (including phenoxy) is 1. The first-order valence-corrected chi connectivity index (χ1v) is 9.77. The molecule has 4 rings (SSSR count). The molecule has 0 spiro atoms. The Hall–Kier alpha value is -2.90. The minimum atomic E-state index is -0.110. The van der Waals surface area contributed by atoms with Crippen molar-refractivity contribution in [2.75, 3.05) is 26.7 Å². The minimum absolute atomic E-state index is 0. The number of amides is 1. The third-order valence-corrected chi connectivity index (χ3v) is 5.36. The van der Waals surface area contributed by atoms with Gasteiger partial charge in [-0.2, -0.15) is 5.10 Å². The number of carbonyl (C=O) groups excluding carboxylic acids is 1. The van der Waals surface area contributed by atoms with Gasteiger partial charge in [0.2, 0.25) is 11.3 Å². The van der Waals surface area contributed by atoms with E-state index < -0.39 is 0 Å². The molecule has 1 amide bonds. The maximum absolute atomic E-state index is 13.1. The van der Waals surface area contributed by atoms with Crippen molar-refractivity contribution in [2.24, 2.45) is 0 Å². The van der Waals surface area contributed by atoms with Crippen molar-refractivity contribution < 1.29 is 9.53 Å². The molecule has 2 heterocycles. The lowest BCUT2D eigenvalue weighted by atomic mass is 10.0. The zero-order valence-corrected chi connectivity index (χ0v) is 17.6. The normalized spacial score (nSPS) is 16.2. The number of carbonyl (C=O) groups is 1. The number of hydrogen-bond acceptors (Lipinski definition) is 5. The summed E-state index contributed by atoms with van der Waals surface area (Å²) in [6.07, 6.45) is 1.63. The molecule has 1 aliphatic rings. The second kappa shape index (κ2) is 9.73. The number of benzene rings is 2. The van der Waals surface area contributed by atoms with Gasteiger partial charge >= 0.3 is 0 Å². The number of para-hydroxylation sites is 2. The van der Waals surface area contributed by atoms with E-state index in [2.05, 4.69) is 10.4 Å². The van der Waals surface area contributed by atoms with E-state index in [-0.39, 0.29) is 29.8 Å². The molecule has 30 heavy (non-hydrogen) atoms. The van der Waals surface area contributed by atoms with Gasteiger partial charge in [0, 0.05) is 37.0 Å². The minimum Gasteiger partial charge on any atom is -0.496 e. The van der Waals surface area contributed by atoms with Crippen molar-refractivity contribution in [3.8, 4) is 5.75 Å². The quantitative estimate of drug-likeness (QED) is 0.675. The molecule has 0 aliphatic carbocycles. The van der Waals surface area contributed by atoms with Crippen LogP contribution in [-0.4, -0.2) is 47.3 Å². The first-order valence-electron chi connectivity index (χ1n) is 9.77. The SMILES string of the molecule is COc1ccccc1C1CNCCN1C(=O)CCn1ncc(=O)c2ccccc21.Cl. The van der Waals surface area contributed by atoms with E-state index in [1.54, 1.807) is 17.9 Å². The molecule has 7 nitrogen and oxygen atoms in total. The number of methoxy groups -OCH3 is 1. The summed E-state index contributed by atoms with van der Waals surface area (Å²) >= 11 is 0. The maximum Gasteiger partial charge on any atom is 0.225 e. The molecule has 1 aliphatic heterocycles. The zero-order valence-electron chi connectivity index (χ0n) is 16.8. The molecule has 0 bridgehead atoms. The molecular weight excluding hydrogens is 404 g/mol. The second-order valence-corrected chi connectivity index (χ2v) is 7.05. The van der Waals surface area contributed by atoms with Crippen molar-refractivity contribution in [2.45, 2.75) is 19.0 Å². The Labute approximate surface area is 181 Å². The van der Waals surface area contributed by atoms with Crippen molar-refractivity contribution in [1.29, 1.82) is 0 Å². The van der Waals surface area contributed by atoms with Crippen molar-refractivity contribution >= 4 is 29.2 Å². The summed E-state index contributed by atoms with van der Waals surface area (Å²) in [7, 11) is 1.65. The number of hydrogen-bond donors (Lipinski definition) is 1. The summed E-state index contributed by atoms with van der Waals surface area (Å²) in [5.74, 6) is 0.846. The van der Waals surface area contributed by atoms with E-state index in [9.17, 15) is 9.59 Å². The predicted molar refractivity (Wildman–Crippen MR) is 118 cm³/mol. The number of fused-ring (bicyclic) bond motifs is 1. The zero-order chi connectivity index (χ0) is 20.2. The lowest BCUT2D eigenvalue weighted by Gasteiger charge is -2.37. The van der Waals surface area contributed by atoms with Crippen LogP contribution in [0.2, 0.25) is 0 Å². The number of aromatic nitrogens is 2. The van der Waals surface area contributed by atoms with Crippen molar-refractivity contribution in [3.05, 3.63) is 70.5 Å². The monoisotopic (exact) mass is 428 g/mol. The third-order valence-electron chi connectivity index (χ3n) is 5.36. The summed E-state index contributed by atoms with van der Waals surface area (Å²) in [6, 6.07) is 15.1. The Balaban J connectivity index is 0.00000256. The number of halogens is 1. The Bertz CT molecular complexity index is 1090. The van der Waals surface area contributed by atoms with Gasteiger partial charge in [0.15, 0.2) is 0 Å². The highest BCUT2D eigenvalue weighted by atomic mass is 35.5. The van der Waals surface area contributed by atoms with Crippen molar-refractivity contribution in [3.63, 3.8) is 0 Å². The van der Waals surface area contributed by atoms with E-state index >= 15 is 0 Å². The molecule has 1 aromatic heterocycles. The van der Waals surface area contributed by atoms with Gasteiger partial charge in [0.25, 0.3) is 0 Å². The Morgan fingerprint density at radius 2 is 1.97 bits per heavy atom. The van der Waals surface area contributed by atoms with Crippen LogP contribution < -0.4 is 15.5 Å². The smallest absolute Gasteiger partial charge is 0.225 e. The molecular formula is C22H25ClN4O3. The van der Waals surface area contributed by atoms with Gasteiger partial charge < -0.3 is 15.0 Å². The molecule has 1 atom stereocenters. The fourth-order valence-electron chi connectivity index (χ4n) is 3.91. The number of nitrogens with one attached hydrogen (secondary N) is 1. The summed E-state index contributed by atoms with van der Waals surface area (Å²) in [6.45, 7) is 2.50. The Kier molecular flexibility index (Phi) is 7.07. The third kappa shape index (κ3) is 4.32. The van der Waals surface area contributed by atoms with E-state index in [1.807, 2.05) is 47.4 Å². The summed E-state index contributed by atoms with van der Waals surface area (Å²) < 4.78 is 7.24. The molecule has 2 aromatic carbocycles. The molecule has 1 saturated heterocycles. The van der Waals surface area contributed by atoms with Crippen LogP contribution in [0.5, 0.6) is 5.75 Å². The van der Waals surface area contributed by atoms with Crippen LogP contribution in [0.15, 0.2) is 59.5 Å². The van der Waals surface area contributed by atoms with Crippen LogP contribution in [0.3, 0.4) is 0 Å². The van der Waals surface area contributed by atoms with E-state index in [0.717, 1.165) is 23.4 Å². The fraction of sp³-hybridized carbons (Fsp3) is 0.318. The van der Waals surface area contributed by atoms with Gasteiger partial charge in [-0.3, -0.25) is 14.3 Å². The topological polar surface area (TPSA) is 76.5 Å². The lowest BCUT2D eigenvalue weighted by molar-refractivity contribution is -0.134. The standard InChI is InChI=1S/C22H24N4O3.ClH/c1-29-21-9-5-3-7-17(21)19-14-23-11-13-25(19)22(28)10-12-26-18-8-4-2-6-16(18)20(27)15-24-26;/h2-9,15,19,23H,10-14H2,1H3;1H. The molecule has 0 radical (unpaired) electrons. The molecule has 8 heteroatoms. The van der Waals surface area contributed by atoms with Crippen LogP contribution in [0.4, 0.5) is 0 Å². The largest absolute Gasteiger partial charge is 0.496 e. The fourth-order valence-corrected chi connectivity index (χ4v) is 3.91. The van der Waals surface area contributed by atoms with Gasteiger partial charge in [0.1, 0.15) is 5.75 Å². The van der Waals surface area contributed by atoms with E-state index in [4.69, 9.17) is 4.74 Å². The predicted octanol–water partition coefficient (Wildman–Crippen LogP) is 2.39. The summed E-state index contributed by atoms with van der Waals surface area (Å²) in [5, 5.41) is 8.22. The average molecular weight is 429 g/mol. The first-order chi connectivity index (χ1) is 14.2. The van der Waals surface area contributed by atoms with Crippen LogP contribution in [0, 0.1) is 0 Å². The Morgan fingerprint density at radius 3 is 2.80 bits per heavy atom. The highest BCUT2D eigenvalue weighted by Crippen LogP contribution is 2.30. The molecule has 158 valence electrons. The van der Waals surface area contributed by atoms with E-state index in [0.29, 0.717) is 31.4 Å². The molecule has 3 aromatic rings. The summed E-state index contributed by atoms with van der Waals surface area (Å²) in [5.41, 5.74) is 1.64. The first kappa shape index (κ1) is 21.8. The van der Waals surface area contributed by atoms with Crippen LogP contribution >= 0.6 is 12.4 Å². The number of piperazine rings is 1. The van der Waals surface area contributed by atoms with Gasteiger partial charge in [-0.1, -0.05) is 30.3 Å². The van der Waals surface area contributed by atoms with Crippen LogP contribution in [0.1, 0.15) is 18.0 Å². The van der Waals surface area contributed by atoms with Gasteiger partial charge in [-0.05, 0) is 18.2 Å². The summed E-state index contributed by atoms with van der Waals surface area (Å²) in [4.78, 5) is 27.0. The number of nitrogens with zero attached hydrogens (tertiary/aromatic N) is 3. The Morgan fingerprint density at radius 1 is 1.20 bits per heavy atom. The number of rotatable bonds is 5. The van der Waals surface area contributed by atoms with Crippen LogP contribution in [-0.2, 0) is 11.3 Å². The molecule has 0 saturated carbocycles. The van der Waals surface area contributed by atoms with Crippen LogP contribution in [0.25, 0.3) is 10.9 Å². The maximum atomic E-state index is 13.1. The highest BCUT2D eigenvalue weighted by molar-refractivity contribution is 5.85. The van der Waals surface area contributed by atoms with E-state index in [1.165, 1.54) is 6.20 Å². The molecule has 1 fully saturated rings. The molecule has 1 N–H and O–H groups in total. The van der Waals surface area contributed by atoms with Crippen molar-refractivity contribution in [1.82, 2.24) is 20.0 Å². The lowest BCUT2D eigenvalue weighted by Crippen LogP contribution is -2.49. The van der Waals surface area contributed by atoms with Gasteiger partial charge in [-0.25, -0.2) is 0 Å². The van der Waals surface area contributed by atoms with Gasteiger partial charge in [0.05, 0.1) is 31.4 Å². The number of aryl methyl sites for hydroxylation is 1. The highest BCUT2D eigenvalue weighted by Gasteiger charge is 2.29.